The number of aromatic amines is 1. The minimum atomic E-state index is -4.74. The summed E-state index contributed by atoms with van der Waals surface area (Å²) >= 11 is 5.42. The van der Waals surface area contributed by atoms with Crippen LogP contribution in [-0.4, -0.2) is 18.6 Å². The first kappa shape index (κ1) is 14.7. The smallest absolute Gasteiger partial charge is 0.284 e. The summed E-state index contributed by atoms with van der Waals surface area (Å²) < 4.78 is 64.0. The summed E-state index contributed by atoms with van der Waals surface area (Å²) in [7, 11) is -4.15. The van der Waals surface area contributed by atoms with Gasteiger partial charge in [-0.3, -0.25) is 9.82 Å². The second kappa shape index (κ2) is 4.98. The van der Waals surface area contributed by atoms with E-state index in [1.54, 1.807) is 0 Å². The lowest BCUT2D eigenvalue weighted by molar-refractivity contribution is -0.137. The van der Waals surface area contributed by atoms with Gasteiger partial charge in [-0.1, -0.05) is 11.6 Å². The van der Waals surface area contributed by atoms with Gasteiger partial charge in [-0.05, 0) is 18.2 Å². The van der Waals surface area contributed by atoms with Gasteiger partial charge in [-0.2, -0.15) is 18.3 Å². The van der Waals surface area contributed by atoms with E-state index in [0.717, 1.165) is 12.1 Å². The maximum Gasteiger partial charge on any atom is 0.417 e. The molecule has 10 heteroatoms. The summed E-state index contributed by atoms with van der Waals surface area (Å²) in [6.45, 7) is 0. The van der Waals surface area contributed by atoms with Crippen molar-refractivity contribution in [3.8, 4) is 0 Å². The van der Waals surface area contributed by atoms with Crippen LogP contribution in [0.2, 0.25) is 5.02 Å². The molecule has 2 aromatic rings. The van der Waals surface area contributed by atoms with E-state index in [1.165, 1.54) is 12.4 Å². The first-order valence-corrected chi connectivity index (χ1v) is 6.94. The third-order valence-electron chi connectivity index (χ3n) is 2.30. The number of rotatable bonds is 3. The average Bonchev–Trinajstić information content (AvgIpc) is 2.79. The van der Waals surface area contributed by atoms with Crippen LogP contribution < -0.4 is 4.72 Å². The first-order valence-electron chi connectivity index (χ1n) is 5.08. The van der Waals surface area contributed by atoms with Gasteiger partial charge >= 0.3 is 6.18 Å². The monoisotopic (exact) mass is 325 g/mol. The molecule has 0 aliphatic carbocycles. The highest BCUT2D eigenvalue weighted by Gasteiger charge is 2.34. The minimum absolute atomic E-state index is 0.105. The van der Waals surface area contributed by atoms with Crippen molar-refractivity contribution in [2.45, 2.75) is 11.1 Å². The molecular weight excluding hydrogens is 319 g/mol. The van der Waals surface area contributed by atoms with Gasteiger partial charge in [-0.25, -0.2) is 8.42 Å². The predicted molar refractivity (Wildman–Crippen MR) is 65.9 cm³/mol. The van der Waals surface area contributed by atoms with Gasteiger partial charge in [0.25, 0.3) is 10.0 Å². The molecule has 2 N–H and O–H groups in total. The summed E-state index contributed by atoms with van der Waals surface area (Å²) in [5.41, 5.74) is -1.11. The summed E-state index contributed by atoms with van der Waals surface area (Å²) in [6.07, 6.45) is -2.31. The van der Waals surface area contributed by atoms with Crippen molar-refractivity contribution in [2.24, 2.45) is 0 Å². The van der Waals surface area contributed by atoms with Gasteiger partial charge in [0.1, 0.15) is 0 Å². The van der Waals surface area contributed by atoms with Crippen LogP contribution in [0.4, 0.5) is 18.9 Å². The van der Waals surface area contributed by atoms with Crippen LogP contribution in [0, 0.1) is 0 Å². The zero-order valence-electron chi connectivity index (χ0n) is 9.57. The lowest BCUT2D eigenvalue weighted by atomic mass is 10.2. The van der Waals surface area contributed by atoms with Crippen molar-refractivity contribution in [1.82, 2.24) is 10.2 Å². The second-order valence-corrected chi connectivity index (χ2v) is 5.82. The van der Waals surface area contributed by atoms with Gasteiger partial charge in [0.15, 0.2) is 0 Å². The van der Waals surface area contributed by atoms with E-state index in [2.05, 4.69) is 14.9 Å². The van der Waals surface area contributed by atoms with Gasteiger partial charge in [0, 0.05) is 6.20 Å². The molecule has 1 aromatic heterocycles. The maximum absolute atomic E-state index is 12.7. The molecular formula is C10H7ClF3N3O2S. The fourth-order valence-corrected chi connectivity index (χ4v) is 2.69. The van der Waals surface area contributed by atoms with Crippen LogP contribution in [0.5, 0.6) is 0 Å². The Morgan fingerprint density at radius 3 is 2.55 bits per heavy atom. The molecule has 2 rings (SSSR count). The Hall–Kier alpha value is -1.74. The Bertz CT molecular complexity index is 714. The van der Waals surface area contributed by atoms with Crippen LogP contribution in [0.15, 0.2) is 35.5 Å². The Labute approximate surface area is 116 Å². The third-order valence-corrected chi connectivity index (χ3v) is 4.01. The molecule has 20 heavy (non-hydrogen) atoms. The lowest BCUT2D eigenvalue weighted by Crippen LogP contribution is -2.14. The molecule has 0 radical (unpaired) electrons. The van der Waals surface area contributed by atoms with Crippen LogP contribution >= 0.6 is 11.6 Å². The Morgan fingerprint density at radius 1 is 1.30 bits per heavy atom. The van der Waals surface area contributed by atoms with Crippen LogP contribution in [0.1, 0.15) is 5.56 Å². The Morgan fingerprint density at radius 2 is 2.00 bits per heavy atom. The number of nitrogens with zero attached hydrogens (tertiary/aromatic N) is 1. The largest absolute Gasteiger partial charge is 0.417 e. The molecule has 1 aromatic carbocycles. The molecule has 0 unspecified atom stereocenters. The van der Waals surface area contributed by atoms with Crippen molar-refractivity contribution < 1.29 is 21.6 Å². The van der Waals surface area contributed by atoms with E-state index in [0.29, 0.717) is 6.07 Å². The van der Waals surface area contributed by atoms with Crippen LogP contribution in [0.25, 0.3) is 0 Å². The molecule has 0 saturated carbocycles. The number of alkyl halides is 3. The Kier molecular flexibility index (Phi) is 3.65. The summed E-state index contributed by atoms with van der Waals surface area (Å²) in [6, 6.07) is 2.35. The maximum atomic E-state index is 12.7. The highest BCUT2D eigenvalue weighted by atomic mass is 35.5. The van der Waals surface area contributed by atoms with E-state index in [4.69, 9.17) is 11.6 Å². The zero-order chi connectivity index (χ0) is 15.0. The molecule has 5 nitrogen and oxygen atoms in total. The number of halogens is 4. The third kappa shape index (κ3) is 3.05. The molecule has 0 saturated heterocycles. The fraction of sp³-hybridized carbons (Fsp3) is 0.100. The van der Waals surface area contributed by atoms with Crippen molar-refractivity contribution >= 4 is 27.3 Å². The molecule has 0 spiro atoms. The molecule has 0 atom stereocenters. The molecule has 108 valence electrons. The molecule has 0 aliphatic heterocycles. The number of hydrogen-bond donors (Lipinski definition) is 2. The number of nitrogens with one attached hydrogen (secondary N) is 2. The average molecular weight is 326 g/mol. The van der Waals surface area contributed by atoms with Gasteiger partial charge in [-0.15, -0.1) is 0 Å². The highest BCUT2D eigenvalue weighted by Crippen LogP contribution is 2.36. The number of benzene rings is 1. The van der Waals surface area contributed by atoms with Crippen LogP contribution in [0.3, 0.4) is 0 Å². The molecule has 0 fully saturated rings. The minimum Gasteiger partial charge on any atom is -0.284 e. The highest BCUT2D eigenvalue weighted by molar-refractivity contribution is 7.92. The topological polar surface area (TPSA) is 74.8 Å². The van der Waals surface area contributed by atoms with Crippen molar-refractivity contribution in [1.29, 1.82) is 0 Å². The number of H-pyrrole nitrogens is 1. The molecule has 1 heterocycles. The summed E-state index contributed by atoms with van der Waals surface area (Å²) in [4.78, 5) is -0.546. The van der Waals surface area contributed by atoms with Crippen molar-refractivity contribution in [3.05, 3.63) is 41.2 Å². The zero-order valence-corrected chi connectivity index (χ0v) is 11.1. The number of anilines is 1. The van der Waals surface area contributed by atoms with E-state index < -0.39 is 31.7 Å². The van der Waals surface area contributed by atoms with Gasteiger partial charge in [0.2, 0.25) is 0 Å². The van der Waals surface area contributed by atoms with E-state index in [1.807, 2.05) is 0 Å². The lowest BCUT2D eigenvalue weighted by Gasteiger charge is -2.11. The van der Waals surface area contributed by atoms with E-state index in [-0.39, 0.29) is 5.69 Å². The number of hydrogen-bond acceptors (Lipinski definition) is 3. The van der Waals surface area contributed by atoms with Gasteiger partial charge < -0.3 is 0 Å². The normalized spacial score (nSPS) is 12.4. The van der Waals surface area contributed by atoms with E-state index in [9.17, 15) is 21.6 Å². The number of sulfonamides is 1. The quantitative estimate of drug-likeness (QED) is 0.911. The van der Waals surface area contributed by atoms with Gasteiger partial charge in [0.05, 0.1) is 27.4 Å². The fourth-order valence-electron chi connectivity index (χ4n) is 1.41. The first-order chi connectivity index (χ1) is 9.20. The van der Waals surface area contributed by atoms with Crippen molar-refractivity contribution in [3.63, 3.8) is 0 Å². The molecule has 0 amide bonds. The molecule has 0 aliphatic rings. The Balaban J connectivity index is 2.43. The van der Waals surface area contributed by atoms with Crippen molar-refractivity contribution in [2.75, 3.05) is 4.72 Å². The van der Waals surface area contributed by atoms with E-state index >= 15 is 0 Å². The SMILES string of the molecule is O=S(=O)(Nc1cn[nH]c1)c1ccc(Cl)c(C(F)(F)F)c1. The number of aromatic nitrogens is 2. The summed E-state index contributed by atoms with van der Waals surface area (Å²) in [5, 5.41) is 5.32. The molecule has 0 bridgehead atoms. The van der Waals surface area contributed by atoms with Crippen LogP contribution in [-0.2, 0) is 16.2 Å². The predicted octanol–water partition coefficient (Wildman–Crippen LogP) is 2.88. The standard InChI is InChI=1S/C10H7ClF3N3O2S/c11-9-2-1-7(3-8(9)10(12,13)14)20(18,19)17-6-4-15-16-5-6/h1-5,17H,(H,15,16). The second-order valence-electron chi connectivity index (χ2n) is 3.73. The summed E-state index contributed by atoms with van der Waals surface area (Å²) in [5.74, 6) is 0.